The number of benzene rings is 1. The highest BCUT2D eigenvalue weighted by atomic mass is 79.9. The van der Waals surface area contributed by atoms with Crippen LogP contribution in [0.25, 0.3) is 0 Å². The maximum atomic E-state index is 11.8. The molecule has 0 aromatic heterocycles. The molecule has 1 N–H and O–H groups in total. The van der Waals surface area contributed by atoms with Gasteiger partial charge in [0.1, 0.15) is 0 Å². The van der Waals surface area contributed by atoms with Gasteiger partial charge in [-0.25, -0.2) is 0 Å². The van der Waals surface area contributed by atoms with Crippen LogP contribution >= 0.6 is 15.9 Å². The Morgan fingerprint density at radius 3 is 2.31 bits per heavy atom. The zero-order valence-electron chi connectivity index (χ0n) is 8.94. The molecule has 0 aliphatic rings. The Kier molecular flexibility index (Phi) is 4.68. The number of carboxylic acids is 1. The number of carbonyl (C=O) groups excluding carboxylic acids is 1. The highest BCUT2D eigenvalue weighted by Crippen LogP contribution is 2.16. The van der Waals surface area contributed by atoms with Crippen molar-refractivity contribution < 1.29 is 14.7 Å². The van der Waals surface area contributed by atoms with E-state index in [1.807, 2.05) is 0 Å². The van der Waals surface area contributed by atoms with Gasteiger partial charge < -0.3 is 5.11 Å². The SMILES string of the molecule is CCC(CC(=O)c1ccc(Br)cc1)C(=O)O. The third-order valence-electron chi connectivity index (χ3n) is 2.44. The predicted molar refractivity (Wildman–Crippen MR) is 64.5 cm³/mol. The first-order valence-corrected chi connectivity index (χ1v) is 5.85. The molecule has 0 aliphatic carbocycles. The number of Topliss-reactive ketones (excluding diaryl/α,β-unsaturated/α-hetero) is 1. The lowest BCUT2D eigenvalue weighted by Crippen LogP contribution is -2.17. The van der Waals surface area contributed by atoms with E-state index < -0.39 is 11.9 Å². The molecule has 3 nitrogen and oxygen atoms in total. The van der Waals surface area contributed by atoms with Gasteiger partial charge in [0.05, 0.1) is 5.92 Å². The molecule has 0 amide bonds. The smallest absolute Gasteiger partial charge is 0.306 e. The predicted octanol–water partition coefficient (Wildman–Crippen LogP) is 3.13. The third kappa shape index (κ3) is 3.45. The molecule has 0 saturated carbocycles. The van der Waals surface area contributed by atoms with E-state index >= 15 is 0 Å². The van der Waals surface area contributed by atoms with E-state index in [-0.39, 0.29) is 12.2 Å². The number of hydrogen-bond acceptors (Lipinski definition) is 2. The van der Waals surface area contributed by atoms with Gasteiger partial charge in [0.25, 0.3) is 0 Å². The second-order valence-electron chi connectivity index (χ2n) is 3.58. The summed E-state index contributed by atoms with van der Waals surface area (Å²) in [4.78, 5) is 22.5. The fraction of sp³-hybridized carbons (Fsp3) is 0.333. The number of rotatable bonds is 5. The van der Waals surface area contributed by atoms with Gasteiger partial charge in [-0.3, -0.25) is 9.59 Å². The number of carbonyl (C=O) groups is 2. The lowest BCUT2D eigenvalue weighted by molar-refractivity contribution is -0.141. The van der Waals surface area contributed by atoms with Crippen LogP contribution in [0.3, 0.4) is 0 Å². The first-order valence-electron chi connectivity index (χ1n) is 5.06. The summed E-state index contributed by atoms with van der Waals surface area (Å²) in [6.45, 7) is 1.77. The van der Waals surface area contributed by atoms with Crippen LogP contribution in [0, 0.1) is 5.92 Å². The first-order chi connectivity index (χ1) is 7.54. The Morgan fingerprint density at radius 2 is 1.88 bits per heavy atom. The Balaban J connectivity index is 2.71. The minimum Gasteiger partial charge on any atom is -0.481 e. The van der Waals surface area contributed by atoms with E-state index in [2.05, 4.69) is 15.9 Å². The second kappa shape index (κ2) is 5.80. The van der Waals surface area contributed by atoms with Crippen LogP contribution in [0.4, 0.5) is 0 Å². The minimum absolute atomic E-state index is 0.0630. The summed E-state index contributed by atoms with van der Waals surface area (Å²) in [5.74, 6) is -1.62. The van der Waals surface area contributed by atoms with Crippen molar-refractivity contribution in [1.29, 1.82) is 0 Å². The molecule has 1 rings (SSSR count). The standard InChI is InChI=1S/C12H13BrO3/c1-2-8(12(15)16)7-11(14)9-3-5-10(13)6-4-9/h3-6,8H,2,7H2,1H3,(H,15,16). The van der Waals surface area contributed by atoms with Crippen LogP contribution in [0.15, 0.2) is 28.7 Å². The summed E-state index contributed by atoms with van der Waals surface area (Å²) in [7, 11) is 0. The van der Waals surface area contributed by atoms with Gasteiger partial charge in [0.15, 0.2) is 5.78 Å². The van der Waals surface area contributed by atoms with Crippen molar-refractivity contribution in [1.82, 2.24) is 0 Å². The molecule has 0 bridgehead atoms. The maximum absolute atomic E-state index is 11.8. The molecular weight excluding hydrogens is 272 g/mol. The Labute approximate surface area is 103 Å². The number of halogens is 1. The van der Waals surface area contributed by atoms with E-state index in [9.17, 15) is 9.59 Å². The third-order valence-corrected chi connectivity index (χ3v) is 2.97. The molecule has 0 fully saturated rings. The van der Waals surface area contributed by atoms with Crippen LogP contribution in [0.2, 0.25) is 0 Å². The van der Waals surface area contributed by atoms with E-state index in [1.165, 1.54) is 0 Å². The number of ketones is 1. The number of aliphatic carboxylic acids is 1. The van der Waals surface area contributed by atoms with Crippen molar-refractivity contribution in [2.45, 2.75) is 19.8 Å². The molecule has 1 unspecified atom stereocenters. The van der Waals surface area contributed by atoms with Gasteiger partial charge in [0, 0.05) is 16.5 Å². The van der Waals surface area contributed by atoms with Gasteiger partial charge in [-0.1, -0.05) is 35.0 Å². The van der Waals surface area contributed by atoms with Crippen molar-refractivity contribution >= 4 is 27.7 Å². The molecule has 0 heterocycles. The van der Waals surface area contributed by atoms with Crippen LogP contribution in [0.1, 0.15) is 30.1 Å². The van der Waals surface area contributed by atoms with Gasteiger partial charge in [-0.05, 0) is 18.6 Å². The van der Waals surface area contributed by atoms with Crippen molar-refractivity contribution in [3.05, 3.63) is 34.3 Å². The van der Waals surface area contributed by atoms with E-state index in [0.717, 1.165) is 4.47 Å². The summed E-state index contributed by atoms with van der Waals surface area (Å²) in [5.41, 5.74) is 0.558. The molecule has 0 saturated heterocycles. The van der Waals surface area contributed by atoms with Crippen molar-refractivity contribution in [3.63, 3.8) is 0 Å². The van der Waals surface area contributed by atoms with Crippen LogP contribution in [0.5, 0.6) is 0 Å². The maximum Gasteiger partial charge on any atom is 0.306 e. The average Bonchev–Trinajstić information content (AvgIpc) is 2.26. The molecule has 0 radical (unpaired) electrons. The fourth-order valence-corrected chi connectivity index (χ4v) is 1.65. The van der Waals surface area contributed by atoms with Gasteiger partial charge in [-0.15, -0.1) is 0 Å². The molecule has 0 aliphatic heterocycles. The Bertz CT molecular complexity index is 384. The number of hydrogen-bond donors (Lipinski definition) is 1. The number of carboxylic acid groups (broad SMARTS) is 1. The van der Waals surface area contributed by atoms with E-state index in [0.29, 0.717) is 12.0 Å². The molecule has 4 heteroatoms. The minimum atomic E-state index is -0.909. The van der Waals surface area contributed by atoms with Gasteiger partial charge in [0.2, 0.25) is 0 Å². The highest BCUT2D eigenvalue weighted by Gasteiger charge is 2.19. The van der Waals surface area contributed by atoms with Crippen molar-refractivity contribution in [3.8, 4) is 0 Å². The summed E-state index contributed by atoms with van der Waals surface area (Å²) in [6.07, 6.45) is 0.533. The molecular formula is C12H13BrO3. The molecule has 1 atom stereocenters. The van der Waals surface area contributed by atoms with Crippen LogP contribution in [-0.4, -0.2) is 16.9 Å². The van der Waals surface area contributed by atoms with E-state index in [1.54, 1.807) is 31.2 Å². The topological polar surface area (TPSA) is 54.4 Å². The van der Waals surface area contributed by atoms with E-state index in [4.69, 9.17) is 5.11 Å². The molecule has 1 aromatic rings. The van der Waals surface area contributed by atoms with Crippen LogP contribution in [-0.2, 0) is 4.79 Å². The largest absolute Gasteiger partial charge is 0.481 e. The highest BCUT2D eigenvalue weighted by molar-refractivity contribution is 9.10. The lowest BCUT2D eigenvalue weighted by Gasteiger charge is -2.08. The Morgan fingerprint density at radius 1 is 1.31 bits per heavy atom. The first kappa shape index (κ1) is 12.9. The van der Waals surface area contributed by atoms with Gasteiger partial charge >= 0.3 is 5.97 Å². The Hall–Kier alpha value is -1.16. The van der Waals surface area contributed by atoms with Crippen molar-refractivity contribution in [2.75, 3.05) is 0 Å². The summed E-state index contributed by atoms with van der Waals surface area (Å²) >= 11 is 3.28. The lowest BCUT2D eigenvalue weighted by atomic mass is 9.96. The molecule has 0 spiro atoms. The zero-order valence-corrected chi connectivity index (χ0v) is 10.5. The second-order valence-corrected chi connectivity index (χ2v) is 4.49. The molecule has 1 aromatic carbocycles. The molecule has 16 heavy (non-hydrogen) atoms. The molecule has 86 valence electrons. The summed E-state index contributed by atoms with van der Waals surface area (Å²) < 4.78 is 0.898. The fourth-order valence-electron chi connectivity index (χ4n) is 1.38. The summed E-state index contributed by atoms with van der Waals surface area (Å²) in [6, 6.07) is 6.94. The van der Waals surface area contributed by atoms with Crippen molar-refractivity contribution in [2.24, 2.45) is 5.92 Å². The average molecular weight is 285 g/mol. The summed E-state index contributed by atoms with van der Waals surface area (Å²) in [5, 5.41) is 8.85. The quantitative estimate of drug-likeness (QED) is 0.845. The van der Waals surface area contributed by atoms with Gasteiger partial charge in [-0.2, -0.15) is 0 Å². The van der Waals surface area contributed by atoms with Crippen LogP contribution < -0.4 is 0 Å². The monoisotopic (exact) mass is 284 g/mol. The zero-order chi connectivity index (χ0) is 12.1. The normalized spacial score (nSPS) is 12.1.